The first kappa shape index (κ1) is 19.1. The fourth-order valence-electron chi connectivity index (χ4n) is 3.23. The van der Waals surface area contributed by atoms with Crippen molar-refractivity contribution in [2.75, 3.05) is 12.0 Å². The van der Waals surface area contributed by atoms with Gasteiger partial charge in [0.05, 0.1) is 12.8 Å². The summed E-state index contributed by atoms with van der Waals surface area (Å²) in [4.78, 5) is 27.1. The highest BCUT2D eigenvalue weighted by Crippen LogP contribution is 2.31. The van der Waals surface area contributed by atoms with Gasteiger partial charge < -0.3 is 4.74 Å². The van der Waals surface area contributed by atoms with Gasteiger partial charge in [0.15, 0.2) is 5.11 Å². The number of hydrogen-bond donors (Lipinski definition) is 1. The smallest absolute Gasteiger partial charge is 0.270 e. The average Bonchev–Trinajstić information content (AvgIpc) is 2.72. The summed E-state index contributed by atoms with van der Waals surface area (Å²) in [6.07, 6.45) is 1.55. The van der Waals surface area contributed by atoms with Crippen LogP contribution in [0.2, 0.25) is 5.02 Å². The van der Waals surface area contributed by atoms with Crippen molar-refractivity contribution in [1.82, 2.24) is 5.32 Å². The van der Waals surface area contributed by atoms with Crippen molar-refractivity contribution in [3.8, 4) is 5.75 Å². The molecule has 0 spiro atoms. The number of anilines is 1. The van der Waals surface area contributed by atoms with Crippen LogP contribution in [0.3, 0.4) is 0 Å². The highest BCUT2D eigenvalue weighted by molar-refractivity contribution is 7.80. The maximum atomic E-state index is 13.2. The molecular formula is C22H15ClN2O3S. The number of carbonyl (C=O) groups excluding carboxylic acids is 2. The van der Waals surface area contributed by atoms with E-state index in [1.54, 1.807) is 37.5 Å². The number of carbonyl (C=O) groups is 2. The van der Waals surface area contributed by atoms with Crippen LogP contribution in [0.5, 0.6) is 5.75 Å². The van der Waals surface area contributed by atoms with Crippen molar-refractivity contribution in [3.63, 3.8) is 0 Å². The van der Waals surface area contributed by atoms with Crippen molar-refractivity contribution in [3.05, 3.63) is 76.8 Å². The molecular weight excluding hydrogens is 408 g/mol. The maximum Gasteiger partial charge on any atom is 0.270 e. The Balaban J connectivity index is 1.86. The molecule has 1 aliphatic heterocycles. The zero-order valence-corrected chi connectivity index (χ0v) is 16.9. The molecule has 3 aromatic rings. The molecule has 0 bridgehead atoms. The van der Waals surface area contributed by atoms with Crippen molar-refractivity contribution in [1.29, 1.82) is 0 Å². The Morgan fingerprint density at radius 2 is 1.76 bits per heavy atom. The molecule has 7 heteroatoms. The van der Waals surface area contributed by atoms with Crippen LogP contribution < -0.4 is 15.0 Å². The molecule has 29 heavy (non-hydrogen) atoms. The Morgan fingerprint density at radius 3 is 2.48 bits per heavy atom. The molecule has 0 aromatic heterocycles. The molecule has 1 N–H and O–H groups in total. The van der Waals surface area contributed by atoms with Gasteiger partial charge in [0, 0.05) is 10.6 Å². The number of nitrogens with zero attached hydrogens (tertiary/aromatic N) is 1. The van der Waals surface area contributed by atoms with Crippen LogP contribution in [0, 0.1) is 0 Å². The fourth-order valence-corrected chi connectivity index (χ4v) is 3.64. The number of rotatable bonds is 3. The molecule has 0 atom stereocenters. The van der Waals surface area contributed by atoms with Gasteiger partial charge in [-0.25, -0.2) is 0 Å². The second-order valence-corrected chi connectivity index (χ2v) is 7.16. The predicted molar refractivity (Wildman–Crippen MR) is 118 cm³/mol. The van der Waals surface area contributed by atoms with Crippen LogP contribution >= 0.6 is 23.8 Å². The molecule has 5 nitrogen and oxygen atoms in total. The Morgan fingerprint density at radius 1 is 1.03 bits per heavy atom. The molecule has 4 rings (SSSR count). The van der Waals surface area contributed by atoms with Crippen LogP contribution in [0.15, 0.2) is 66.2 Å². The Labute approximate surface area is 177 Å². The number of methoxy groups -OCH3 is 1. The minimum Gasteiger partial charge on any atom is -0.496 e. The van der Waals surface area contributed by atoms with Crippen LogP contribution in [-0.4, -0.2) is 24.0 Å². The van der Waals surface area contributed by atoms with Gasteiger partial charge in [-0.05, 0) is 59.4 Å². The van der Waals surface area contributed by atoms with Crippen molar-refractivity contribution in [2.45, 2.75) is 0 Å². The molecule has 144 valence electrons. The van der Waals surface area contributed by atoms with E-state index in [1.165, 1.54) is 4.90 Å². The number of thiocarbonyl (C=S) groups is 1. The van der Waals surface area contributed by atoms with E-state index in [0.29, 0.717) is 22.0 Å². The normalized spacial score (nSPS) is 15.7. The number of ether oxygens (including phenoxy) is 1. The molecule has 1 aliphatic rings. The highest BCUT2D eigenvalue weighted by atomic mass is 35.5. The van der Waals surface area contributed by atoms with Gasteiger partial charge in [-0.2, -0.15) is 0 Å². The number of benzene rings is 3. The largest absolute Gasteiger partial charge is 0.496 e. The fraction of sp³-hybridized carbons (Fsp3) is 0.0455. The molecule has 3 aromatic carbocycles. The monoisotopic (exact) mass is 422 g/mol. The van der Waals surface area contributed by atoms with Gasteiger partial charge in [-0.3, -0.25) is 19.8 Å². The zero-order valence-electron chi connectivity index (χ0n) is 15.3. The topological polar surface area (TPSA) is 58.6 Å². The Hall–Kier alpha value is -3.22. The number of hydrogen-bond acceptors (Lipinski definition) is 4. The lowest BCUT2D eigenvalue weighted by molar-refractivity contribution is -0.122. The van der Waals surface area contributed by atoms with Crippen molar-refractivity contribution < 1.29 is 14.3 Å². The summed E-state index contributed by atoms with van der Waals surface area (Å²) >= 11 is 11.2. The number of halogens is 1. The van der Waals surface area contributed by atoms with Crippen molar-refractivity contribution in [2.24, 2.45) is 0 Å². The summed E-state index contributed by atoms with van der Waals surface area (Å²) < 4.78 is 5.47. The Kier molecular flexibility index (Phi) is 5.05. The molecule has 2 amide bonds. The average molecular weight is 423 g/mol. The van der Waals surface area contributed by atoms with Gasteiger partial charge >= 0.3 is 0 Å². The zero-order chi connectivity index (χ0) is 20.5. The predicted octanol–water partition coefficient (Wildman–Crippen LogP) is 4.33. The number of nitrogens with one attached hydrogen (secondary N) is 1. The maximum absolute atomic E-state index is 13.2. The number of fused-ring (bicyclic) bond motifs is 1. The van der Waals surface area contributed by atoms with Crippen LogP contribution in [0.25, 0.3) is 16.8 Å². The SMILES string of the molecule is COc1ccc2ccccc2c1/C=C1\C(=O)NC(=S)N(c2ccc(Cl)cc2)C1=O. The molecule has 0 radical (unpaired) electrons. The van der Waals surface area contributed by atoms with Gasteiger partial charge in [-0.15, -0.1) is 0 Å². The third-order valence-corrected chi connectivity index (χ3v) is 5.16. The third-order valence-electron chi connectivity index (χ3n) is 4.63. The first-order valence-electron chi connectivity index (χ1n) is 8.72. The molecule has 1 heterocycles. The minimum absolute atomic E-state index is 0.0179. The van der Waals surface area contributed by atoms with E-state index < -0.39 is 11.8 Å². The Bertz CT molecular complexity index is 1190. The van der Waals surface area contributed by atoms with E-state index in [4.69, 9.17) is 28.6 Å². The van der Waals surface area contributed by atoms with E-state index >= 15 is 0 Å². The van der Waals surface area contributed by atoms with E-state index in [1.807, 2.05) is 36.4 Å². The van der Waals surface area contributed by atoms with Crippen LogP contribution in [0.1, 0.15) is 5.56 Å². The lowest BCUT2D eigenvalue weighted by Gasteiger charge is -2.29. The second kappa shape index (κ2) is 7.66. The summed E-state index contributed by atoms with van der Waals surface area (Å²) in [6.45, 7) is 0. The van der Waals surface area contributed by atoms with Crippen LogP contribution in [-0.2, 0) is 9.59 Å². The van der Waals surface area contributed by atoms with E-state index in [0.717, 1.165) is 10.8 Å². The van der Waals surface area contributed by atoms with Gasteiger partial charge in [0.25, 0.3) is 11.8 Å². The van der Waals surface area contributed by atoms with E-state index in [2.05, 4.69) is 5.32 Å². The highest BCUT2D eigenvalue weighted by Gasteiger charge is 2.34. The third kappa shape index (κ3) is 3.48. The first-order valence-corrected chi connectivity index (χ1v) is 9.51. The standard InChI is InChI=1S/C22H15ClN2O3S/c1-28-19-11-6-13-4-2-3-5-16(13)17(19)12-18-20(26)24-22(29)25(21(18)27)15-9-7-14(23)8-10-15/h2-12H,1H3,(H,24,26,29)/b18-12+. The number of amides is 2. The summed E-state index contributed by atoms with van der Waals surface area (Å²) in [5, 5.41) is 4.97. The molecule has 0 saturated carbocycles. The molecule has 1 saturated heterocycles. The molecule has 1 fully saturated rings. The van der Waals surface area contributed by atoms with Crippen molar-refractivity contribution >= 4 is 63.3 Å². The van der Waals surface area contributed by atoms with E-state index in [-0.39, 0.29) is 10.7 Å². The van der Waals surface area contributed by atoms with E-state index in [9.17, 15) is 9.59 Å². The van der Waals surface area contributed by atoms with Crippen LogP contribution in [0.4, 0.5) is 5.69 Å². The van der Waals surface area contributed by atoms with Gasteiger partial charge in [0.2, 0.25) is 0 Å². The summed E-state index contributed by atoms with van der Waals surface area (Å²) in [5.41, 5.74) is 1.12. The quantitative estimate of drug-likeness (QED) is 0.387. The molecule has 0 unspecified atom stereocenters. The molecule has 0 aliphatic carbocycles. The van der Waals surface area contributed by atoms with Gasteiger partial charge in [0.1, 0.15) is 11.3 Å². The lowest BCUT2D eigenvalue weighted by atomic mass is 9.99. The summed E-state index contributed by atoms with van der Waals surface area (Å²) in [6, 6.07) is 18.1. The first-order chi connectivity index (χ1) is 14.0. The second-order valence-electron chi connectivity index (χ2n) is 6.34. The lowest BCUT2D eigenvalue weighted by Crippen LogP contribution is -2.54. The summed E-state index contributed by atoms with van der Waals surface area (Å²) in [5.74, 6) is -0.515. The minimum atomic E-state index is -0.555. The van der Waals surface area contributed by atoms with Gasteiger partial charge in [-0.1, -0.05) is 41.9 Å². The summed E-state index contributed by atoms with van der Waals surface area (Å²) in [7, 11) is 1.55.